The number of alkyl halides is 3. The largest absolute Gasteiger partial charge is 0.573 e. The lowest BCUT2D eigenvalue weighted by Crippen LogP contribution is -2.51. The molecule has 1 atom stereocenters. The zero-order valence-corrected chi connectivity index (χ0v) is 22.5. The number of hydrogen-bond acceptors (Lipinski definition) is 6. The lowest BCUT2D eigenvalue weighted by atomic mass is 10.0. The van der Waals surface area contributed by atoms with E-state index in [2.05, 4.69) is 25.7 Å². The molecule has 2 amide bonds. The van der Waals surface area contributed by atoms with Crippen LogP contribution in [0.3, 0.4) is 0 Å². The average molecular weight is 573 g/mol. The number of nitrogens with one attached hydrogen (secondary N) is 3. The number of benzene rings is 2. The van der Waals surface area contributed by atoms with Crippen molar-refractivity contribution in [1.29, 1.82) is 0 Å². The van der Waals surface area contributed by atoms with Gasteiger partial charge in [0.2, 0.25) is 0 Å². The number of fused-ring (bicyclic) bond motifs is 1. The summed E-state index contributed by atoms with van der Waals surface area (Å²) < 4.78 is 43.2. The number of unbranched alkanes of at least 4 members (excludes halogenated alkanes) is 1. The molecule has 2 aliphatic heterocycles. The SMILES string of the molecule is NCCCCc1cc(OC(F)(F)F)cc(C2=CC3=CN(c4ccc(CNCCCN=C(N)N)cc4)C(=O)NC3N2)c1. The van der Waals surface area contributed by atoms with Crippen LogP contribution in [0.25, 0.3) is 5.70 Å². The number of aliphatic imine (C=N–C) groups is 1. The monoisotopic (exact) mass is 572 g/mol. The number of urea groups is 1. The van der Waals surface area contributed by atoms with Crippen molar-refractivity contribution in [3.05, 3.63) is 77.0 Å². The summed E-state index contributed by atoms with van der Waals surface area (Å²) in [5.41, 5.74) is 20.5. The summed E-state index contributed by atoms with van der Waals surface area (Å²) in [5, 5.41) is 9.42. The predicted molar refractivity (Wildman–Crippen MR) is 153 cm³/mol. The first-order valence-electron chi connectivity index (χ1n) is 13.4. The Morgan fingerprint density at radius 2 is 1.83 bits per heavy atom. The molecule has 1 unspecified atom stereocenters. The van der Waals surface area contributed by atoms with Crippen LogP contribution >= 0.6 is 0 Å². The molecule has 0 radical (unpaired) electrons. The summed E-state index contributed by atoms with van der Waals surface area (Å²) in [7, 11) is 0. The minimum absolute atomic E-state index is 0.0802. The fourth-order valence-corrected chi connectivity index (χ4v) is 4.57. The van der Waals surface area contributed by atoms with Gasteiger partial charge in [0.1, 0.15) is 11.9 Å². The molecule has 9 N–H and O–H groups in total. The second kappa shape index (κ2) is 13.4. The van der Waals surface area contributed by atoms with Gasteiger partial charge in [-0.15, -0.1) is 13.2 Å². The van der Waals surface area contributed by atoms with Gasteiger partial charge in [-0.05, 0) is 86.3 Å². The molecule has 13 heteroatoms. The minimum atomic E-state index is -4.81. The van der Waals surface area contributed by atoms with Crippen LogP contribution in [0.5, 0.6) is 5.75 Å². The minimum Gasteiger partial charge on any atom is -0.406 e. The van der Waals surface area contributed by atoms with Crippen molar-refractivity contribution in [2.45, 2.75) is 44.8 Å². The Morgan fingerprint density at radius 3 is 2.54 bits per heavy atom. The van der Waals surface area contributed by atoms with E-state index in [1.54, 1.807) is 6.20 Å². The zero-order valence-electron chi connectivity index (χ0n) is 22.5. The Hall–Kier alpha value is -4.23. The van der Waals surface area contributed by atoms with Crippen molar-refractivity contribution in [1.82, 2.24) is 16.0 Å². The van der Waals surface area contributed by atoms with Crippen LogP contribution in [-0.2, 0) is 13.0 Å². The first-order chi connectivity index (χ1) is 19.6. The molecule has 2 aliphatic rings. The van der Waals surface area contributed by atoms with Crippen molar-refractivity contribution in [2.75, 3.05) is 24.5 Å². The van der Waals surface area contributed by atoms with Crippen LogP contribution < -0.4 is 42.8 Å². The van der Waals surface area contributed by atoms with E-state index in [1.165, 1.54) is 17.0 Å². The van der Waals surface area contributed by atoms with Crippen molar-refractivity contribution < 1.29 is 22.7 Å². The Kier molecular flexibility index (Phi) is 9.73. The third kappa shape index (κ3) is 8.63. The standard InChI is InChI=1S/C28H35F3N8O2/c29-28(30,31)41-23-13-19(4-1-2-9-32)12-20(14-23)24-15-21-17-39(27(40)38-25(21)37-24)22-7-5-18(6-8-22)16-35-10-3-11-36-26(33)34/h5-8,12-15,17,25,35,37H,1-4,9-11,16,32H2,(H,38,40)(H4,33,34,36). The number of halogens is 3. The Labute approximate surface area is 236 Å². The normalized spacial score (nSPS) is 16.3. The highest BCUT2D eigenvalue weighted by Crippen LogP contribution is 2.32. The first-order valence-corrected chi connectivity index (χ1v) is 13.4. The highest BCUT2D eigenvalue weighted by Gasteiger charge is 2.33. The molecule has 0 saturated heterocycles. The molecule has 10 nitrogen and oxygen atoms in total. The van der Waals surface area contributed by atoms with Crippen molar-refractivity contribution in [3.63, 3.8) is 0 Å². The number of aryl methyl sites for hydroxylation is 1. The second-order valence-corrected chi connectivity index (χ2v) is 9.75. The van der Waals surface area contributed by atoms with Gasteiger partial charge in [0.25, 0.3) is 0 Å². The topological polar surface area (TPSA) is 156 Å². The van der Waals surface area contributed by atoms with Crippen molar-refractivity contribution in [2.24, 2.45) is 22.2 Å². The van der Waals surface area contributed by atoms with E-state index in [4.69, 9.17) is 17.2 Å². The highest BCUT2D eigenvalue weighted by atomic mass is 19.4. The third-order valence-electron chi connectivity index (χ3n) is 6.49. The lowest BCUT2D eigenvalue weighted by molar-refractivity contribution is -0.274. The van der Waals surface area contributed by atoms with Gasteiger partial charge in [-0.2, -0.15) is 0 Å². The molecule has 0 aromatic heterocycles. The number of nitrogens with zero attached hydrogens (tertiary/aromatic N) is 2. The van der Waals surface area contributed by atoms with Gasteiger partial charge in [-0.1, -0.05) is 12.1 Å². The quantitative estimate of drug-likeness (QED) is 0.122. The molecule has 2 aromatic carbocycles. The number of carbonyl (C=O) groups excluding carboxylic acids is 1. The number of carbonyl (C=O) groups is 1. The predicted octanol–water partition coefficient (Wildman–Crippen LogP) is 3.00. The second-order valence-electron chi connectivity index (χ2n) is 9.75. The van der Waals surface area contributed by atoms with Gasteiger partial charge in [-0.25, -0.2) is 4.79 Å². The van der Waals surface area contributed by atoms with Gasteiger partial charge in [0.15, 0.2) is 5.96 Å². The summed E-state index contributed by atoms with van der Waals surface area (Å²) in [6.07, 6.45) is 1.08. The Morgan fingerprint density at radius 1 is 1.05 bits per heavy atom. The Balaban J connectivity index is 1.46. The number of amides is 2. The van der Waals surface area contributed by atoms with Gasteiger partial charge >= 0.3 is 12.4 Å². The third-order valence-corrected chi connectivity index (χ3v) is 6.49. The summed E-state index contributed by atoms with van der Waals surface area (Å²) in [4.78, 5) is 18.4. The van der Waals surface area contributed by atoms with E-state index in [-0.39, 0.29) is 17.7 Å². The summed E-state index contributed by atoms with van der Waals surface area (Å²) in [6, 6.07) is 11.8. The van der Waals surface area contributed by atoms with E-state index in [0.717, 1.165) is 36.9 Å². The van der Waals surface area contributed by atoms with E-state index < -0.39 is 12.5 Å². The van der Waals surface area contributed by atoms with E-state index >= 15 is 0 Å². The van der Waals surface area contributed by atoms with Crippen molar-refractivity contribution >= 4 is 23.4 Å². The van der Waals surface area contributed by atoms with Crippen LogP contribution in [0.15, 0.2) is 65.3 Å². The summed E-state index contributed by atoms with van der Waals surface area (Å²) >= 11 is 0. The average Bonchev–Trinajstić information content (AvgIpc) is 3.32. The van der Waals surface area contributed by atoms with Crippen LogP contribution in [0, 0.1) is 0 Å². The maximum atomic E-state index is 13.0. The smallest absolute Gasteiger partial charge is 0.406 e. The van der Waals surface area contributed by atoms with Crippen LogP contribution in [-0.4, -0.2) is 44.2 Å². The molecular weight excluding hydrogens is 537 g/mol. The highest BCUT2D eigenvalue weighted by molar-refractivity contribution is 5.96. The molecule has 41 heavy (non-hydrogen) atoms. The molecule has 0 spiro atoms. The number of guanidine groups is 1. The maximum absolute atomic E-state index is 13.0. The number of anilines is 1. The number of rotatable bonds is 13. The molecule has 0 fully saturated rings. The number of hydrogen-bond donors (Lipinski definition) is 6. The molecule has 4 rings (SSSR count). The van der Waals surface area contributed by atoms with Gasteiger partial charge < -0.3 is 37.9 Å². The van der Waals surface area contributed by atoms with Crippen LogP contribution in [0.4, 0.5) is 23.7 Å². The fraction of sp³-hybridized carbons (Fsp3) is 0.357. The number of nitrogens with two attached hydrogens (primary N) is 3. The summed E-state index contributed by atoms with van der Waals surface area (Å²) in [6.45, 7) is 2.47. The summed E-state index contributed by atoms with van der Waals surface area (Å²) in [5.74, 6) is -0.213. The first kappa shape index (κ1) is 29.7. The van der Waals surface area contributed by atoms with Crippen LogP contribution in [0.1, 0.15) is 36.0 Å². The molecule has 0 aliphatic carbocycles. The zero-order chi connectivity index (χ0) is 29.4. The van der Waals surface area contributed by atoms with Gasteiger partial charge in [0, 0.05) is 36.1 Å². The van der Waals surface area contributed by atoms with E-state index in [9.17, 15) is 18.0 Å². The molecule has 0 bridgehead atoms. The van der Waals surface area contributed by atoms with E-state index in [0.29, 0.717) is 48.6 Å². The maximum Gasteiger partial charge on any atom is 0.573 e. The fourth-order valence-electron chi connectivity index (χ4n) is 4.57. The molecular formula is C28H35F3N8O2. The van der Waals surface area contributed by atoms with E-state index in [1.807, 2.05) is 36.4 Å². The van der Waals surface area contributed by atoms with Crippen molar-refractivity contribution in [3.8, 4) is 5.75 Å². The van der Waals surface area contributed by atoms with Crippen LogP contribution in [0.2, 0.25) is 0 Å². The molecule has 220 valence electrons. The Bertz CT molecular complexity index is 1300. The van der Waals surface area contributed by atoms with Gasteiger partial charge in [0.05, 0.1) is 5.69 Å². The molecule has 2 heterocycles. The molecule has 0 saturated carbocycles. The molecule has 2 aromatic rings. The number of ether oxygens (including phenoxy) is 1. The van der Waals surface area contributed by atoms with Gasteiger partial charge in [-0.3, -0.25) is 9.89 Å². The lowest BCUT2D eigenvalue weighted by Gasteiger charge is -2.29.